The molecule has 2 aromatic rings. The summed E-state index contributed by atoms with van der Waals surface area (Å²) in [5.74, 6) is 2.15. The Kier molecular flexibility index (Phi) is 8.50. The second-order valence-corrected chi connectivity index (χ2v) is 10.0. The summed E-state index contributed by atoms with van der Waals surface area (Å²) >= 11 is 0. The molecule has 10 heteroatoms. The highest BCUT2D eigenvalue weighted by atomic mass is 16.6. The number of ether oxygens (including phenoxy) is 4. The van der Waals surface area contributed by atoms with Gasteiger partial charge < -0.3 is 24.7 Å². The summed E-state index contributed by atoms with van der Waals surface area (Å²) in [5.41, 5.74) is 10.8. The number of nitro benzene ring substituents is 1. The lowest BCUT2D eigenvalue weighted by atomic mass is 10.0. The molecule has 0 bridgehead atoms. The van der Waals surface area contributed by atoms with E-state index in [1.807, 2.05) is 18.3 Å². The molecule has 4 aliphatic rings. The zero-order valence-electron chi connectivity index (χ0n) is 21.5. The molecule has 2 aromatic carbocycles. The SMILES string of the molecule is Nc1cc2c(cc1OCC1CCOCC1)CN=C2.O=[N+]([O-])c1cc2c(cc1OCC1CCOCC1)CN=C2. The van der Waals surface area contributed by atoms with E-state index in [1.54, 1.807) is 18.3 Å². The molecule has 0 aromatic heterocycles. The van der Waals surface area contributed by atoms with Gasteiger partial charge in [0.2, 0.25) is 0 Å². The number of hydrogen-bond donors (Lipinski definition) is 1. The first-order valence-electron chi connectivity index (χ1n) is 13.2. The molecule has 10 nitrogen and oxygen atoms in total. The van der Waals surface area contributed by atoms with Crippen molar-refractivity contribution in [1.82, 2.24) is 0 Å². The summed E-state index contributed by atoms with van der Waals surface area (Å²) in [6.07, 6.45) is 7.59. The molecule has 0 saturated carbocycles. The van der Waals surface area contributed by atoms with Crippen LogP contribution in [-0.2, 0) is 22.6 Å². The van der Waals surface area contributed by atoms with Gasteiger partial charge in [0.25, 0.3) is 0 Å². The third-order valence-electron chi connectivity index (χ3n) is 7.30. The first-order chi connectivity index (χ1) is 18.6. The Balaban J connectivity index is 0.000000156. The summed E-state index contributed by atoms with van der Waals surface area (Å²) in [6, 6.07) is 7.27. The molecule has 0 atom stereocenters. The van der Waals surface area contributed by atoms with Crippen LogP contribution in [0, 0.1) is 22.0 Å². The van der Waals surface area contributed by atoms with E-state index in [9.17, 15) is 10.1 Å². The van der Waals surface area contributed by atoms with Crippen LogP contribution in [0.25, 0.3) is 0 Å². The fourth-order valence-electron chi connectivity index (χ4n) is 4.91. The number of aliphatic imine (C=N–C) groups is 2. The van der Waals surface area contributed by atoms with Crippen molar-refractivity contribution in [3.8, 4) is 11.5 Å². The molecule has 4 aliphatic heterocycles. The highest BCUT2D eigenvalue weighted by Crippen LogP contribution is 2.33. The maximum atomic E-state index is 11.1. The van der Waals surface area contributed by atoms with E-state index in [0.29, 0.717) is 36.4 Å². The van der Waals surface area contributed by atoms with Crippen LogP contribution in [0.3, 0.4) is 0 Å². The van der Waals surface area contributed by atoms with Crippen molar-refractivity contribution in [2.75, 3.05) is 45.4 Å². The van der Waals surface area contributed by atoms with E-state index in [4.69, 9.17) is 24.7 Å². The van der Waals surface area contributed by atoms with Gasteiger partial charge in [-0.15, -0.1) is 0 Å². The minimum atomic E-state index is -0.397. The molecule has 4 heterocycles. The summed E-state index contributed by atoms with van der Waals surface area (Å²) in [7, 11) is 0. The number of nitrogens with two attached hydrogens (primary N) is 1. The third-order valence-corrected chi connectivity index (χ3v) is 7.30. The van der Waals surface area contributed by atoms with Crippen molar-refractivity contribution in [1.29, 1.82) is 0 Å². The van der Waals surface area contributed by atoms with Gasteiger partial charge in [0.1, 0.15) is 5.75 Å². The molecule has 2 fully saturated rings. The molecule has 0 amide bonds. The predicted octanol–water partition coefficient (Wildman–Crippen LogP) is 4.34. The van der Waals surface area contributed by atoms with Gasteiger partial charge in [0, 0.05) is 50.5 Å². The molecule has 0 radical (unpaired) electrons. The lowest BCUT2D eigenvalue weighted by molar-refractivity contribution is -0.385. The van der Waals surface area contributed by atoms with Crippen LogP contribution in [0.2, 0.25) is 0 Å². The average molecular weight is 523 g/mol. The normalized spacial score (nSPS) is 18.4. The Hall–Kier alpha value is -3.50. The summed E-state index contributed by atoms with van der Waals surface area (Å²) in [4.78, 5) is 19.1. The maximum Gasteiger partial charge on any atom is 0.311 e. The van der Waals surface area contributed by atoms with Crippen LogP contribution < -0.4 is 15.2 Å². The molecule has 2 N–H and O–H groups in total. The minimum absolute atomic E-state index is 0.0177. The lowest BCUT2D eigenvalue weighted by Gasteiger charge is -2.22. The van der Waals surface area contributed by atoms with Crippen LogP contribution in [0.15, 0.2) is 34.3 Å². The van der Waals surface area contributed by atoms with Gasteiger partial charge in [0.15, 0.2) is 5.75 Å². The molecular weight excluding hydrogens is 488 g/mol. The first-order valence-corrected chi connectivity index (χ1v) is 13.2. The van der Waals surface area contributed by atoms with E-state index < -0.39 is 4.92 Å². The molecule has 2 saturated heterocycles. The molecule has 202 valence electrons. The van der Waals surface area contributed by atoms with Crippen molar-refractivity contribution in [3.05, 3.63) is 56.6 Å². The summed E-state index contributed by atoms with van der Waals surface area (Å²) in [6.45, 7) is 5.73. The zero-order chi connectivity index (χ0) is 26.3. The van der Waals surface area contributed by atoms with Crippen LogP contribution >= 0.6 is 0 Å². The minimum Gasteiger partial charge on any atom is -0.491 e. The predicted molar refractivity (Wildman–Crippen MR) is 145 cm³/mol. The van der Waals surface area contributed by atoms with Gasteiger partial charge in [-0.25, -0.2) is 0 Å². The summed E-state index contributed by atoms with van der Waals surface area (Å²) in [5, 5.41) is 11.1. The van der Waals surface area contributed by atoms with E-state index >= 15 is 0 Å². The summed E-state index contributed by atoms with van der Waals surface area (Å²) < 4.78 is 22.2. The number of nitrogens with zero attached hydrogens (tertiary/aromatic N) is 3. The number of nitrogen functional groups attached to an aromatic ring is 1. The number of hydrogen-bond acceptors (Lipinski definition) is 9. The quantitative estimate of drug-likeness (QED) is 0.325. The maximum absolute atomic E-state index is 11.1. The Morgan fingerprint density at radius 1 is 0.816 bits per heavy atom. The first kappa shape index (κ1) is 26.1. The highest BCUT2D eigenvalue weighted by molar-refractivity contribution is 5.87. The topological polar surface area (TPSA) is 131 Å². The van der Waals surface area contributed by atoms with Crippen LogP contribution in [0.1, 0.15) is 47.9 Å². The van der Waals surface area contributed by atoms with E-state index in [-0.39, 0.29) is 5.69 Å². The Labute approximate surface area is 222 Å². The van der Waals surface area contributed by atoms with Gasteiger partial charge in [-0.2, -0.15) is 0 Å². The van der Waals surface area contributed by atoms with Gasteiger partial charge in [0.05, 0.1) is 36.9 Å². The number of rotatable bonds is 7. The third kappa shape index (κ3) is 6.49. The molecule has 0 unspecified atom stereocenters. The van der Waals surface area contributed by atoms with E-state index in [1.165, 1.54) is 5.56 Å². The molecule has 38 heavy (non-hydrogen) atoms. The number of anilines is 1. The second-order valence-electron chi connectivity index (χ2n) is 10.0. The van der Waals surface area contributed by atoms with Gasteiger partial charge in [-0.1, -0.05) is 0 Å². The number of nitro groups is 1. The van der Waals surface area contributed by atoms with E-state index in [0.717, 1.165) is 87.7 Å². The smallest absolute Gasteiger partial charge is 0.311 e. The van der Waals surface area contributed by atoms with Crippen molar-refractivity contribution < 1.29 is 23.9 Å². The molecule has 6 rings (SSSR count). The van der Waals surface area contributed by atoms with Gasteiger partial charge in [-0.05, 0) is 72.4 Å². The average Bonchev–Trinajstić information content (AvgIpc) is 3.60. The van der Waals surface area contributed by atoms with Crippen LogP contribution in [-0.4, -0.2) is 57.0 Å². The Morgan fingerprint density at radius 2 is 1.32 bits per heavy atom. The highest BCUT2D eigenvalue weighted by Gasteiger charge is 2.22. The van der Waals surface area contributed by atoms with Crippen molar-refractivity contribution >= 4 is 23.8 Å². The second kappa shape index (κ2) is 12.4. The molecule has 0 spiro atoms. The Bertz CT molecular complexity index is 1200. The fraction of sp³-hybridized carbons (Fsp3) is 0.500. The fourth-order valence-corrected chi connectivity index (χ4v) is 4.91. The molecular formula is C28H34N4O6. The molecule has 0 aliphatic carbocycles. The van der Waals surface area contributed by atoms with Gasteiger partial charge >= 0.3 is 5.69 Å². The zero-order valence-corrected chi connectivity index (χ0v) is 21.5. The van der Waals surface area contributed by atoms with Crippen molar-refractivity contribution in [3.63, 3.8) is 0 Å². The largest absolute Gasteiger partial charge is 0.491 e. The lowest BCUT2D eigenvalue weighted by Crippen LogP contribution is -2.21. The monoisotopic (exact) mass is 522 g/mol. The van der Waals surface area contributed by atoms with Gasteiger partial charge in [-0.3, -0.25) is 20.1 Å². The van der Waals surface area contributed by atoms with Crippen LogP contribution in [0.4, 0.5) is 11.4 Å². The van der Waals surface area contributed by atoms with Crippen molar-refractivity contribution in [2.24, 2.45) is 21.8 Å². The number of fused-ring (bicyclic) bond motifs is 2. The van der Waals surface area contributed by atoms with Crippen LogP contribution in [0.5, 0.6) is 11.5 Å². The standard InChI is InChI=1S/C14H16N2O4.C14H18N2O2/c17-16(18)13-5-11-7-15-8-12(11)6-14(13)20-9-10-1-3-19-4-2-10;15-13-5-11-7-16-8-12(11)6-14(13)18-9-10-1-3-17-4-2-10/h5-7,10H,1-4,8-9H2;5-7,10H,1-4,8-9,15H2. The Morgan fingerprint density at radius 3 is 1.87 bits per heavy atom. The number of benzene rings is 2. The van der Waals surface area contributed by atoms with Crippen molar-refractivity contribution in [2.45, 2.75) is 38.8 Å². The van der Waals surface area contributed by atoms with E-state index in [2.05, 4.69) is 9.98 Å².